The summed E-state index contributed by atoms with van der Waals surface area (Å²) >= 11 is 0. The van der Waals surface area contributed by atoms with E-state index < -0.39 is 11.3 Å². The lowest BCUT2D eigenvalue weighted by molar-refractivity contribution is -0.135. The number of hydrogen-bond donors (Lipinski definition) is 1. The fourth-order valence-corrected chi connectivity index (χ4v) is 3.70. The van der Waals surface area contributed by atoms with E-state index in [2.05, 4.69) is 10.1 Å². The molecule has 2 aromatic rings. The molecule has 0 bridgehead atoms. The maximum Gasteiger partial charge on any atom is 0.232 e. The van der Waals surface area contributed by atoms with Gasteiger partial charge in [-0.1, -0.05) is 6.07 Å². The molecule has 7 heteroatoms. The predicted molar refractivity (Wildman–Crippen MR) is 97.2 cm³/mol. The molecular formula is C19H25N5O2. The Kier molecular flexibility index (Phi) is 4.56. The van der Waals surface area contributed by atoms with E-state index in [1.165, 1.54) is 0 Å². The second-order valence-corrected chi connectivity index (χ2v) is 7.50. The van der Waals surface area contributed by atoms with E-state index in [0.29, 0.717) is 13.1 Å². The van der Waals surface area contributed by atoms with Gasteiger partial charge in [0.2, 0.25) is 11.8 Å². The molecule has 0 radical (unpaired) electrons. The number of amides is 2. The van der Waals surface area contributed by atoms with E-state index in [0.717, 1.165) is 16.8 Å². The molecule has 0 unspecified atom stereocenters. The van der Waals surface area contributed by atoms with Gasteiger partial charge < -0.3 is 10.6 Å². The van der Waals surface area contributed by atoms with Crippen LogP contribution in [0, 0.1) is 12.8 Å². The van der Waals surface area contributed by atoms with E-state index in [1.807, 2.05) is 40.0 Å². The number of nitrogens with zero attached hydrogens (tertiary/aromatic N) is 4. The summed E-state index contributed by atoms with van der Waals surface area (Å²) in [6.07, 6.45) is 5.17. The van der Waals surface area contributed by atoms with Gasteiger partial charge in [-0.2, -0.15) is 5.10 Å². The van der Waals surface area contributed by atoms with Crippen molar-refractivity contribution < 1.29 is 9.59 Å². The maximum absolute atomic E-state index is 13.2. The number of hydrogen-bond acceptors (Lipinski definition) is 4. The minimum Gasteiger partial charge on any atom is -0.369 e. The molecule has 0 aliphatic carbocycles. The van der Waals surface area contributed by atoms with Gasteiger partial charge >= 0.3 is 0 Å². The molecule has 2 N–H and O–H groups in total. The van der Waals surface area contributed by atoms with Crippen LogP contribution in [0.1, 0.15) is 36.6 Å². The van der Waals surface area contributed by atoms with Gasteiger partial charge in [-0.3, -0.25) is 19.3 Å². The van der Waals surface area contributed by atoms with Crippen LogP contribution in [-0.4, -0.2) is 44.6 Å². The molecule has 0 spiro atoms. The normalized spacial score (nSPS) is 20.4. The zero-order chi connectivity index (χ0) is 19.1. The Labute approximate surface area is 153 Å². The zero-order valence-electron chi connectivity index (χ0n) is 15.6. The van der Waals surface area contributed by atoms with Crippen LogP contribution in [-0.2, 0) is 22.1 Å². The van der Waals surface area contributed by atoms with Crippen LogP contribution >= 0.6 is 0 Å². The number of rotatable bonds is 4. The molecule has 2 amide bonds. The summed E-state index contributed by atoms with van der Waals surface area (Å²) in [5.41, 5.74) is 7.74. The second-order valence-electron chi connectivity index (χ2n) is 7.50. The summed E-state index contributed by atoms with van der Waals surface area (Å²) in [7, 11) is 1.86. The highest BCUT2D eigenvalue weighted by molar-refractivity contribution is 5.89. The van der Waals surface area contributed by atoms with Crippen LogP contribution in [0.15, 0.2) is 30.7 Å². The second kappa shape index (κ2) is 6.55. The molecule has 1 aliphatic heterocycles. The standard InChI is InChI=1S/C19H25N5O2/c1-12-14(9-22-23(12)4)15-10-24(11-16(15)17(20)25)18(26)19(2,3)13-6-5-7-21-8-13/h5-9,15-16H,10-11H2,1-4H3,(H2,20,25)/t15-,16+/m1/s1. The summed E-state index contributed by atoms with van der Waals surface area (Å²) < 4.78 is 1.78. The van der Waals surface area contributed by atoms with Crippen LogP contribution in [0.4, 0.5) is 0 Å². The lowest BCUT2D eigenvalue weighted by atomic mass is 9.84. The van der Waals surface area contributed by atoms with Crippen LogP contribution in [0.3, 0.4) is 0 Å². The van der Waals surface area contributed by atoms with Crippen molar-refractivity contribution in [2.24, 2.45) is 18.7 Å². The minimum absolute atomic E-state index is 0.0270. The molecule has 2 aromatic heterocycles. The average Bonchev–Trinajstić information content (AvgIpc) is 3.19. The fourth-order valence-electron chi connectivity index (χ4n) is 3.70. The number of aryl methyl sites for hydroxylation is 1. The molecule has 3 heterocycles. The maximum atomic E-state index is 13.2. The highest BCUT2D eigenvalue weighted by Gasteiger charge is 2.44. The van der Waals surface area contributed by atoms with E-state index in [1.54, 1.807) is 28.2 Å². The number of pyridine rings is 1. The molecule has 138 valence electrons. The van der Waals surface area contributed by atoms with Gasteiger partial charge in [0.25, 0.3) is 0 Å². The molecular weight excluding hydrogens is 330 g/mol. The van der Waals surface area contributed by atoms with Gasteiger partial charge in [0.15, 0.2) is 0 Å². The van der Waals surface area contributed by atoms with E-state index >= 15 is 0 Å². The summed E-state index contributed by atoms with van der Waals surface area (Å²) in [6.45, 7) is 6.52. The first-order valence-electron chi connectivity index (χ1n) is 8.71. The van der Waals surface area contributed by atoms with Crippen molar-refractivity contribution in [1.82, 2.24) is 19.7 Å². The molecule has 2 atom stereocenters. The molecule has 1 fully saturated rings. The molecule has 26 heavy (non-hydrogen) atoms. The Morgan fingerprint density at radius 2 is 2.00 bits per heavy atom. The van der Waals surface area contributed by atoms with Crippen molar-refractivity contribution in [3.63, 3.8) is 0 Å². The summed E-state index contributed by atoms with van der Waals surface area (Å²) in [5.74, 6) is -0.949. The summed E-state index contributed by atoms with van der Waals surface area (Å²) in [6, 6.07) is 3.72. The van der Waals surface area contributed by atoms with Gasteiger partial charge in [0.1, 0.15) is 0 Å². The number of likely N-dealkylation sites (tertiary alicyclic amines) is 1. The average molecular weight is 355 g/mol. The molecule has 3 rings (SSSR count). The van der Waals surface area contributed by atoms with Crippen LogP contribution < -0.4 is 5.73 Å². The van der Waals surface area contributed by atoms with Gasteiger partial charge in [-0.25, -0.2) is 0 Å². The zero-order valence-corrected chi connectivity index (χ0v) is 15.6. The molecule has 1 aliphatic rings. The quantitative estimate of drug-likeness (QED) is 0.889. The number of primary amides is 1. The van der Waals surface area contributed by atoms with Crippen molar-refractivity contribution in [3.05, 3.63) is 47.5 Å². The lowest BCUT2D eigenvalue weighted by Crippen LogP contribution is -2.43. The first kappa shape index (κ1) is 18.1. The number of carbonyl (C=O) groups is 2. The van der Waals surface area contributed by atoms with Crippen molar-refractivity contribution in [2.45, 2.75) is 32.1 Å². The molecule has 0 aromatic carbocycles. The summed E-state index contributed by atoms with van der Waals surface area (Å²) in [4.78, 5) is 31.1. The van der Waals surface area contributed by atoms with Gasteiger partial charge in [0.05, 0.1) is 17.5 Å². The SMILES string of the molecule is Cc1c([C@H]2CN(C(=O)C(C)(C)c3cccnc3)C[C@@H]2C(N)=O)cnn1C. The lowest BCUT2D eigenvalue weighted by Gasteiger charge is -2.29. The van der Waals surface area contributed by atoms with E-state index in [4.69, 9.17) is 5.73 Å². The first-order valence-corrected chi connectivity index (χ1v) is 8.71. The van der Waals surface area contributed by atoms with Gasteiger partial charge in [-0.05, 0) is 38.0 Å². The smallest absolute Gasteiger partial charge is 0.232 e. The third kappa shape index (κ3) is 2.98. The number of aromatic nitrogens is 3. The Morgan fingerprint density at radius 3 is 2.54 bits per heavy atom. The first-order chi connectivity index (χ1) is 12.2. The Morgan fingerprint density at radius 1 is 1.27 bits per heavy atom. The topological polar surface area (TPSA) is 94.1 Å². The van der Waals surface area contributed by atoms with E-state index in [9.17, 15) is 9.59 Å². The third-order valence-electron chi connectivity index (χ3n) is 5.56. The summed E-state index contributed by atoms with van der Waals surface area (Å²) in [5, 5.41) is 4.27. The molecule has 0 saturated carbocycles. The van der Waals surface area contributed by atoms with Crippen LogP contribution in [0.5, 0.6) is 0 Å². The van der Waals surface area contributed by atoms with Crippen molar-refractivity contribution in [1.29, 1.82) is 0 Å². The minimum atomic E-state index is -0.727. The highest BCUT2D eigenvalue weighted by atomic mass is 16.2. The fraction of sp³-hybridized carbons (Fsp3) is 0.474. The highest BCUT2D eigenvalue weighted by Crippen LogP contribution is 2.36. The number of nitrogens with two attached hydrogens (primary N) is 1. The monoisotopic (exact) mass is 355 g/mol. The molecule has 7 nitrogen and oxygen atoms in total. The van der Waals surface area contributed by atoms with Crippen LogP contribution in [0.2, 0.25) is 0 Å². The Bertz CT molecular complexity index is 828. The van der Waals surface area contributed by atoms with Gasteiger partial charge in [0, 0.05) is 44.1 Å². The van der Waals surface area contributed by atoms with E-state index in [-0.39, 0.29) is 17.7 Å². The Balaban J connectivity index is 1.89. The van der Waals surface area contributed by atoms with Crippen molar-refractivity contribution >= 4 is 11.8 Å². The van der Waals surface area contributed by atoms with Crippen molar-refractivity contribution in [2.75, 3.05) is 13.1 Å². The Hall–Kier alpha value is -2.70. The number of carbonyl (C=O) groups excluding carboxylic acids is 2. The van der Waals surface area contributed by atoms with Crippen molar-refractivity contribution in [3.8, 4) is 0 Å². The molecule has 1 saturated heterocycles. The third-order valence-corrected chi connectivity index (χ3v) is 5.56. The largest absolute Gasteiger partial charge is 0.369 e. The van der Waals surface area contributed by atoms with Gasteiger partial charge in [-0.15, -0.1) is 0 Å². The predicted octanol–water partition coefficient (Wildman–Crippen LogP) is 1.13. The van der Waals surface area contributed by atoms with Crippen LogP contribution in [0.25, 0.3) is 0 Å².